The van der Waals surface area contributed by atoms with Crippen molar-refractivity contribution < 1.29 is 9.59 Å². The van der Waals surface area contributed by atoms with E-state index in [1.165, 1.54) is 0 Å². The van der Waals surface area contributed by atoms with E-state index in [-0.39, 0.29) is 11.9 Å². The maximum absolute atomic E-state index is 12.5. The van der Waals surface area contributed by atoms with Gasteiger partial charge < -0.3 is 15.5 Å². The number of nitrogens with one attached hydrogen (secondary N) is 2. The van der Waals surface area contributed by atoms with Crippen LogP contribution in [0.2, 0.25) is 0 Å². The Kier molecular flexibility index (Phi) is 3.30. The van der Waals surface area contributed by atoms with Crippen LogP contribution >= 0.6 is 0 Å². The number of carbonyl (C=O) groups is 2. The maximum atomic E-state index is 12.5. The van der Waals surface area contributed by atoms with E-state index in [1.807, 2.05) is 55.5 Å². The highest BCUT2D eigenvalue weighted by Crippen LogP contribution is 2.44. The lowest BCUT2D eigenvalue weighted by atomic mass is 9.81. The van der Waals surface area contributed by atoms with Gasteiger partial charge in [-0.2, -0.15) is 0 Å². The molecule has 2 heterocycles. The van der Waals surface area contributed by atoms with Crippen molar-refractivity contribution in [3.8, 4) is 0 Å². The SMILES string of the molecule is Cc1ccc(NC(=O)N2CC[C@]3(C2)C(=O)Nc2ccccc23)cc1. The first-order chi connectivity index (χ1) is 11.6. The first-order valence-electron chi connectivity index (χ1n) is 8.12. The molecule has 1 atom stereocenters. The second-order valence-electron chi connectivity index (χ2n) is 6.55. The van der Waals surface area contributed by atoms with Crippen LogP contribution in [0.15, 0.2) is 48.5 Å². The number of carbonyl (C=O) groups excluding carboxylic acids is 2. The highest BCUT2D eigenvalue weighted by atomic mass is 16.2. The van der Waals surface area contributed by atoms with Crippen LogP contribution in [0.1, 0.15) is 17.5 Å². The van der Waals surface area contributed by atoms with Gasteiger partial charge in [0.2, 0.25) is 5.91 Å². The predicted octanol–water partition coefficient (Wildman–Crippen LogP) is 3.12. The van der Waals surface area contributed by atoms with Crippen LogP contribution in [0.3, 0.4) is 0 Å². The number of likely N-dealkylation sites (tertiary alicyclic amines) is 1. The molecule has 3 amide bonds. The van der Waals surface area contributed by atoms with Crippen molar-refractivity contribution in [3.05, 3.63) is 59.7 Å². The summed E-state index contributed by atoms with van der Waals surface area (Å²) in [6.07, 6.45) is 0.650. The second-order valence-corrected chi connectivity index (χ2v) is 6.55. The molecule has 122 valence electrons. The van der Waals surface area contributed by atoms with E-state index >= 15 is 0 Å². The topological polar surface area (TPSA) is 61.4 Å². The Bertz CT molecular complexity index is 816. The minimum atomic E-state index is -0.610. The number of urea groups is 1. The maximum Gasteiger partial charge on any atom is 0.321 e. The minimum absolute atomic E-state index is 0.00524. The zero-order valence-electron chi connectivity index (χ0n) is 13.5. The number of anilines is 2. The highest BCUT2D eigenvalue weighted by Gasteiger charge is 2.51. The fourth-order valence-corrected chi connectivity index (χ4v) is 3.60. The number of benzene rings is 2. The molecule has 0 bridgehead atoms. The van der Waals surface area contributed by atoms with Gasteiger partial charge in [-0.05, 0) is 37.1 Å². The average Bonchev–Trinajstić information content (AvgIpc) is 3.14. The van der Waals surface area contributed by atoms with E-state index in [1.54, 1.807) is 4.90 Å². The lowest BCUT2D eigenvalue weighted by Gasteiger charge is -2.22. The molecule has 2 aromatic rings. The van der Waals surface area contributed by atoms with E-state index in [4.69, 9.17) is 0 Å². The lowest BCUT2D eigenvalue weighted by Crippen LogP contribution is -2.40. The summed E-state index contributed by atoms with van der Waals surface area (Å²) in [7, 11) is 0. The standard InChI is InChI=1S/C19H19N3O2/c1-13-6-8-14(9-7-13)20-18(24)22-11-10-19(12-22)15-4-2-3-5-16(15)21-17(19)23/h2-9H,10-12H2,1H3,(H,20,24)(H,21,23)/t19-/m1/s1. The Morgan fingerprint density at radius 3 is 2.71 bits per heavy atom. The minimum Gasteiger partial charge on any atom is -0.325 e. The van der Waals surface area contributed by atoms with Crippen LogP contribution in [0.4, 0.5) is 16.2 Å². The van der Waals surface area contributed by atoms with Gasteiger partial charge in [0.05, 0.1) is 5.41 Å². The summed E-state index contributed by atoms with van der Waals surface area (Å²) in [6.45, 7) is 2.99. The van der Waals surface area contributed by atoms with Crippen molar-refractivity contribution in [2.75, 3.05) is 23.7 Å². The van der Waals surface area contributed by atoms with Crippen LogP contribution in [0, 0.1) is 6.92 Å². The first kappa shape index (κ1) is 14.8. The van der Waals surface area contributed by atoms with E-state index in [9.17, 15) is 9.59 Å². The summed E-state index contributed by atoms with van der Waals surface area (Å²) in [5, 5.41) is 5.86. The molecule has 5 heteroatoms. The molecule has 2 aliphatic heterocycles. The van der Waals surface area contributed by atoms with Gasteiger partial charge >= 0.3 is 6.03 Å². The Morgan fingerprint density at radius 2 is 1.92 bits per heavy atom. The molecule has 2 aromatic carbocycles. The van der Waals surface area contributed by atoms with E-state index in [0.29, 0.717) is 19.5 Å². The smallest absolute Gasteiger partial charge is 0.321 e. The Morgan fingerprint density at radius 1 is 1.17 bits per heavy atom. The van der Waals surface area contributed by atoms with E-state index in [2.05, 4.69) is 10.6 Å². The van der Waals surface area contributed by atoms with Gasteiger partial charge in [-0.15, -0.1) is 0 Å². The van der Waals surface area contributed by atoms with Gasteiger partial charge in [0.15, 0.2) is 0 Å². The Hall–Kier alpha value is -2.82. The number of rotatable bonds is 1. The van der Waals surface area contributed by atoms with Gasteiger partial charge in [0.1, 0.15) is 0 Å². The fraction of sp³-hybridized carbons (Fsp3) is 0.263. The van der Waals surface area contributed by atoms with Crippen molar-refractivity contribution in [3.63, 3.8) is 0 Å². The number of amides is 3. The second kappa shape index (κ2) is 5.37. The molecule has 1 saturated heterocycles. The number of hydrogen-bond acceptors (Lipinski definition) is 2. The van der Waals surface area contributed by atoms with Crippen LogP contribution in [-0.2, 0) is 10.2 Å². The molecule has 0 aliphatic carbocycles. The molecule has 2 N–H and O–H groups in total. The molecule has 1 fully saturated rings. The Labute approximate surface area is 140 Å². The normalized spacial score (nSPS) is 21.7. The Balaban J connectivity index is 1.53. The monoisotopic (exact) mass is 321 g/mol. The van der Waals surface area contributed by atoms with Crippen molar-refractivity contribution in [1.29, 1.82) is 0 Å². The van der Waals surface area contributed by atoms with Crippen molar-refractivity contribution >= 4 is 23.3 Å². The number of hydrogen-bond donors (Lipinski definition) is 2. The lowest BCUT2D eigenvalue weighted by molar-refractivity contribution is -0.120. The zero-order valence-corrected chi connectivity index (χ0v) is 13.5. The highest BCUT2D eigenvalue weighted by molar-refractivity contribution is 6.07. The molecule has 2 aliphatic rings. The summed E-state index contributed by atoms with van der Waals surface area (Å²) in [4.78, 5) is 26.8. The van der Waals surface area contributed by atoms with Gasteiger partial charge in [-0.3, -0.25) is 4.79 Å². The quantitative estimate of drug-likeness (QED) is 0.848. The third-order valence-corrected chi connectivity index (χ3v) is 4.98. The van der Waals surface area contributed by atoms with E-state index < -0.39 is 5.41 Å². The number of aryl methyl sites for hydroxylation is 1. The fourth-order valence-electron chi connectivity index (χ4n) is 3.60. The van der Waals surface area contributed by atoms with Crippen molar-refractivity contribution in [2.45, 2.75) is 18.8 Å². The predicted molar refractivity (Wildman–Crippen MR) is 93.1 cm³/mol. The molecule has 0 aromatic heterocycles. The summed E-state index contributed by atoms with van der Waals surface area (Å²) < 4.78 is 0. The largest absolute Gasteiger partial charge is 0.325 e. The third kappa shape index (κ3) is 2.24. The van der Waals surface area contributed by atoms with Gasteiger partial charge in [0.25, 0.3) is 0 Å². The van der Waals surface area contributed by atoms with Crippen molar-refractivity contribution in [2.24, 2.45) is 0 Å². The molecule has 24 heavy (non-hydrogen) atoms. The first-order valence-corrected chi connectivity index (χ1v) is 8.12. The number of nitrogens with zero attached hydrogens (tertiary/aromatic N) is 1. The molecule has 5 nitrogen and oxygen atoms in total. The molecular formula is C19H19N3O2. The third-order valence-electron chi connectivity index (χ3n) is 4.98. The van der Waals surface area contributed by atoms with Crippen LogP contribution < -0.4 is 10.6 Å². The van der Waals surface area contributed by atoms with Gasteiger partial charge in [-0.25, -0.2) is 4.79 Å². The summed E-state index contributed by atoms with van der Waals surface area (Å²) in [6, 6.07) is 15.3. The molecule has 1 spiro atoms. The molecule has 0 unspecified atom stereocenters. The molecule has 0 saturated carbocycles. The summed E-state index contributed by atoms with van der Waals surface area (Å²) in [5.41, 5.74) is 3.17. The van der Waals surface area contributed by atoms with Gasteiger partial charge in [0, 0.05) is 24.5 Å². The van der Waals surface area contributed by atoms with Crippen LogP contribution in [0.5, 0.6) is 0 Å². The van der Waals surface area contributed by atoms with Gasteiger partial charge in [-0.1, -0.05) is 35.9 Å². The van der Waals surface area contributed by atoms with Crippen LogP contribution in [0.25, 0.3) is 0 Å². The summed E-state index contributed by atoms with van der Waals surface area (Å²) in [5.74, 6) is -0.00524. The van der Waals surface area contributed by atoms with Crippen molar-refractivity contribution in [1.82, 2.24) is 4.90 Å². The molecule has 4 rings (SSSR count). The number of para-hydroxylation sites is 1. The molecule has 0 radical (unpaired) electrons. The zero-order chi connectivity index (χ0) is 16.7. The summed E-state index contributed by atoms with van der Waals surface area (Å²) >= 11 is 0. The van der Waals surface area contributed by atoms with E-state index in [0.717, 1.165) is 22.5 Å². The molecular weight excluding hydrogens is 302 g/mol. The van der Waals surface area contributed by atoms with Crippen LogP contribution in [-0.4, -0.2) is 29.9 Å². The average molecular weight is 321 g/mol. The number of fused-ring (bicyclic) bond motifs is 2.